The van der Waals surface area contributed by atoms with E-state index in [1.54, 1.807) is 0 Å². The molecule has 0 aliphatic carbocycles. The minimum atomic E-state index is 0.0294. The van der Waals surface area contributed by atoms with Crippen LogP contribution in [0.1, 0.15) is 34.5 Å². The highest BCUT2D eigenvalue weighted by molar-refractivity contribution is 6.30. The predicted octanol–water partition coefficient (Wildman–Crippen LogP) is 5.22. The van der Waals surface area contributed by atoms with E-state index < -0.39 is 0 Å². The number of fused-ring (bicyclic) bond motifs is 1. The zero-order chi connectivity index (χ0) is 22.0. The fourth-order valence-corrected chi connectivity index (χ4v) is 3.81. The predicted molar refractivity (Wildman–Crippen MR) is 124 cm³/mol. The number of aryl methyl sites for hydroxylation is 3. The van der Waals surface area contributed by atoms with E-state index in [9.17, 15) is 4.79 Å². The molecule has 2 aromatic heterocycles. The lowest BCUT2D eigenvalue weighted by atomic mass is 10.1. The number of nitrogens with one attached hydrogen (secondary N) is 1. The smallest absolute Gasteiger partial charge is 0.220 e. The van der Waals surface area contributed by atoms with Crippen molar-refractivity contribution in [2.24, 2.45) is 0 Å². The summed E-state index contributed by atoms with van der Waals surface area (Å²) in [7, 11) is 0. The van der Waals surface area contributed by atoms with Gasteiger partial charge in [0, 0.05) is 41.0 Å². The second kappa shape index (κ2) is 8.90. The highest BCUT2D eigenvalue weighted by Gasteiger charge is 2.14. The third kappa shape index (κ3) is 4.78. The summed E-state index contributed by atoms with van der Waals surface area (Å²) in [6.45, 7) is 6.61. The maximum atomic E-state index is 12.4. The molecule has 4 rings (SSSR count). The van der Waals surface area contributed by atoms with Gasteiger partial charge in [0.1, 0.15) is 0 Å². The van der Waals surface area contributed by atoms with Gasteiger partial charge in [0.25, 0.3) is 0 Å². The van der Waals surface area contributed by atoms with Crippen LogP contribution in [0.4, 0.5) is 0 Å². The van der Waals surface area contributed by atoms with Crippen LogP contribution in [-0.2, 0) is 17.8 Å². The lowest BCUT2D eigenvalue weighted by molar-refractivity contribution is -0.121. The molecule has 0 spiro atoms. The van der Waals surface area contributed by atoms with Gasteiger partial charge in [-0.1, -0.05) is 53.6 Å². The van der Waals surface area contributed by atoms with Crippen molar-refractivity contribution in [3.8, 4) is 11.3 Å². The van der Waals surface area contributed by atoms with Gasteiger partial charge in [0.05, 0.1) is 5.69 Å². The van der Waals surface area contributed by atoms with E-state index in [0.717, 1.165) is 39.4 Å². The van der Waals surface area contributed by atoms with E-state index in [1.807, 2.05) is 60.8 Å². The van der Waals surface area contributed by atoms with Crippen LogP contribution in [0.3, 0.4) is 0 Å². The van der Waals surface area contributed by atoms with Crippen LogP contribution in [0.25, 0.3) is 16.9 Å². The molecule has 0 fully saturated rings. The molecule has 0 aliphatic rings. The fourth-order valence-electron chi connectivity index (χ4n) is 3.68. The van der Waals surface area contributed by atoms with Crippen molar-refractivity contribution in [3.05, 3.63) is 87.7 Å². The van der Waals surface area contributed by atoms with Gasteiger partial charge in [-0.25, -0.2) is 9.50 Å². The third-order valence-electron chi connectivity index (χ3n) is 5.52. The number of benzene rings is 2. The molecule has 1 amide bonds. The first-order valence-electron chi connectivity index (χ1n) is 10.3. The van der Waals surface area contributed by atoms with Crippen LogP contribution in [0.2, 0.25) is 5.02 Å². The zero-order valence-electron chi connectivity index (χ0n) is 17.9. The van der Waals surface area contributed by atoms with Crippen molar-refractivity contribution in [2.75, 3.05) is 0 Å². The van der Waals surface area contributed by atoms with E-state index in [4.69, 9.17) is 21.7 Å². The van der Waals surface area contributed by atoms with Crippen LogP contribution in [0, 0.1) is 20.8 Å². The molecule has 0 saturated carbocycles. The molecule has 0 unspecified atom stereocenters. The minimum absolute atomic E-state index is 0.0294. The van der Waals surface area contributed by atoms with Gasteiger partial charge in [-0.3, -0.25) is 4.79 Å². The van der Waals surface area contributed by atoms with Crippen molar-refractivity contribution in [2.45, 2.75) is 40.2 Å². The maximum absolute atomic E-state index is 12.4. The molecule has 0 radical (unpaired) electrons. The van der Waals surface area contributed by atoms with Crippen molar-refractivity contribution < 1.29 is 4.79 Å². The summed E-state index contributed by atoms with van der Waals surface area (Å²) in [6, 6.07) is 17.8. The van der Waals surface area contributed by atoms with Crippen LogP contribution < -0.4 is 5.32 Å². The van der Waals surface area contributed by atoms with Gasteiger partial charge in [-0.2, -0.15) is 5.10 Å². The average Bonchev–Trinajstić information content (AvgIpc) is 3.18. The molecular formula is C25H25ClN4O. The SMILES string of the molecule is Cc1ccc(CNC(=O)CCc2c(C)nc3cc(-c4ccc(Cl)cc4)nn3c2C)cc1. The van der Waals surface area contributed by atoms with Crippen molar-refractivity contribution in [1.82, 2.24) is 19.9 Å². The Labute approximate surface area is 187 Å². The van der Waals surface area contributed by atoms with Gasteiger partial charge < -0.3 is 5.32 Å². The molecule has 5 nitrogen and oxygen atoms in total. The molecular weight excluding hydrogens is 408 g/mol. The van der Waals surface area contributed by atoms with E-state index in [-0.39, 0.29) is 5.91 Å². The zero-order valence-corrected chi connectivity index (χ0v) is 18.7. The highest BCUT2D eigenvalue weighted by atomic mass is 35.5. The van der Waals surface area contributed by atoms with Crippen LogP contribution >= 0.6 is 11.6 Å². The average molecular weight is 433 g/mol. The molecule has 1 N–H and O–H groups in total. The first-order valence-corrected chi connectivity index (χ1v) is 10.7. The molecule has 0 saturated heterocycles. The fraction of sp³-hybridized carbons (Fsp3) is 0.240. The summed E-state index contributed by atoms with van der Waals surface area (Å²) in [4.78, 5) is 17.1. The summed E-state index contributed by atoms with van der Waals surface area (Å²) in [5.41, 5.74) is 7.94. The molecule has 2 heterocycles. The molecule has 158 valence electrons. The number of carbonyl (C=O) groups is 1. The topological polar surface area (TPSA) is 59.3 Å². The van der Waals surface area contributed by atoms with Gasteiger partial charge >= 0.3 is 0 Å². The van der Waals surface area contributed by atoms with E-state index >= 15 is 0 Å². The second-order valence-electron chi connectivity index (χ2n) is 7.83. The van der Waals surface area contributed by atoms with Crippen molar-refractivity contribution in [3.63, 3.8) is 0 Å². The first kappa shape index (κ1) is 21.1. The van der Waals surface area contributed by atoms with E-state index in [1.165, 1.54) is 5.56 Å². The quantitative estimate of drug-likeness (QED) is 0.454. The summed E-state index contributed by atoms with van der Waals surface area (Å²) in [5, 5.41) is 8.43. The van der Waals surface area contributed by atoms with Gasteiger partial charge in [0.15, 0.2) is 5.65 Å². The summed E-state index contributed by atoms with van der Waals surface area (Å²) < 4.78 is 1.86. The first-order chi connectivity index (χ1) is 14.9. The standard InChI is InChI=1S/C25H25ClN4O/c1-16-4-6-19(7-5-16)15-27-25(31)13-12-22-17(2)28-24-14-23(29-30(24)18(22)3)20-8-10-21(26)11-9-20/h4-11,14H,12-13,15H2,1-3H3,(H,27,31). The Bertz CT molecular complexity index is 1230. The highest BCUT2D eigenvalue weighted by Crippen LogP contribution is 2.24. The second-order valence-corrected chi connectivity index (χ2v) is 8.27. The normalized spacial score (nSPS) is 11.1. The molecule has 0 bridgehead atoms. The number of carbonyl (C=O) groups excluding carboxylic acids is 1. The Morgan fingerprint density at radius 3 is 2.45 bits per heavy atom. The number of rotatable bonds is 6. The molecule has 0 atom stereocenters. The molecule has 31 heavy (non-hydrogen) atoms. The largest absolute Gasteiger partial charge is 0.352 e. The van der Waals surface area contributed by atoms with Crippen LogP contribution in [0.5, 0.6) is 0 Å². The molecule has 4 aromatic rings. The maximum Gasteiger partial charge on any atom is 0.220 e. The van der Waals surface area contributed by atoms with Gasteiger partial charge in [-0.05, 0) is 50.5 Å². The third-order valence-corrected chi connectivity index (χ3v) is 5.77. The molecule has 2 aromatic carbocycles. The van der Waals surface area contributed by atoms with Gasteiger partial charge in [0.2, 0.25) is 5.91 Å². The molecule has 6 heteroatoms. The van der Waals surface area contributed by atoms with Crippen LogP contribution in [0.15, 0.2) is 54.6 Å². The van der Waals surface area contributed by atoms with Gasteiger partial charge in [-0.15, -0.1) is 0 Å². The Hall–Kier alpha value is -3.18. The monoisotopic (exact) mass is 432 g/mol. The number of hydrogen-bond donors (Lipinski definition) is 1. The number of halogens is 1. The number of hydrogen-bond acceptors (Lipinski definition) is 3. The molecule has 0 aliphatic heterocycles. The number of amides is 1. The van der Waals surface area contributed by atoms with E-state index in [2.05, 4.69) is 24.4 Å². The summed E-state index contributed by atoms with van der Waals surface area (Å²) in [5.74, 6) is 0.0294. The van der Waals surface area contributed by atoms with Crippen LogP contribution in [-0.4, -0.2) is 20.5 Å². The van der Waals surface area contributed by atoms with E-state index in [0.29, 0.717) is 24.4 Å². The van der Waals surface area contributed by atoms with Crippen molar-refractivity contribution in [1.29, 1.82) is 0 Å². The number of nitrogens with zero attached hydrogens (tertiary/aromatic N) is 3. The Morgan fingerprint density at radius 2 is 1.74 bits per heavy atom. The summed E-state index contributed by atoms with van der Waals surface area (Å²) in [6.07, 6.45) is 1.03. The Morgan fingerprint density at radius 1 is 1.03 bits per heavy atom. The lowest BCUT2D eigenvalue weighted by Crippen LogP contribution is -2.23. The Balaban J connectivity index is 1.47. The summed E-state index contributed by atoms with van der Waals surface area (Å²) >= 11 is 6.00. The van der Waals surface area contributed by atoms with Crippen molar-refractivity contribution >= 4 is 23.2 Å². The minimum Gasteiger partial charge on any atom is -0.352 e. The lowest BCUT2D eigenvalue weighted by Gasteiger charge is -2.11. The Kier molecular flexibility index (Phi) is 6.05. The number of aromatic nitrogens is 3.